The molecule has 1 fully saturated rings. The SMILES string of the molecule is CC(Nc1ccc2[nH]ncc2c1)C1CCCCC1. The molecule has 0 aliphatic heterocycles. The maximum Gasteiger partial charge on any atom is 0.0651 e. The van der Waals surface area contributed by atoms with E-state index in [1.54, 1.807) is 0 Å². The van der Waals surface area contributed by atoms with E-state index in [0.29, 0.717) is 6.04 Å². The van der Waals surface area contributed by atoms with Gasteiger partial charge < -0.3 is 5.32 Å². The molecule has 2 aromatic rings. The molecule has 1 aromatic heterocycles. The smallest absolute Gasteiger partial charge is 0.0651 e. The standard InChI is InChI=1S/C15H21N3/c1-11(12-5-3-2-4-6-12)17-14-7-8-15-13(9-14)10-16-18-15/h7-12,17H,2-6H2,1H3,(H,16,18). The average Bonchev–Trinajstić information content (AvgIpc) is 2.87. The van der Waals surface area contributed by atoms with Crippen LogP contribution < -0.4 is 5.32 Å². The second kappa shape index (κ2) is 5.01. The van der Waals surface area contributed by atoms with Crippen molar-refractivity contribution in [3.63, 3.8) is 0 Å². The number of hydrogen-bond acceptors (Lipinski definition) is 2. The van der Waals surface area contributed by atoms with E-state index in [1.165, 1.54) is 43.2 Å². The Hall–Kier alpha value is -1.51. The van der Waals surface area contributed by atoms with Crippen molar-refractivity contribution in [3.05, 3.63) is 24.4 Å². The highest BCUT2D eigenvalue weighted by Gasteiger charge is 2.19. The summed E-state index contributed by atoms with van der Waals surface area (Å²) >= 11 is 0. The van der Waals surface area contributed by atoms with E-state index in [0.717, 1.165) is 11.4 Å². The number of fused-ring (bicyclic) bond motifs is 1. The van der Waals surface area contributed by atoms with E-state index in [-0.39, 0.29) is 0 Å². The highest BCUT2D eigenvalue weighted by molar-refractivity contribution is 5.81. The van der Waals surface area contributed by atoms with Gasteiger partial charge in [0.05, 0.1) is 11.7 Å². The minimum atomic E-state index is 0.564. The Morgan fingerprint density at radius 1 is 1.28 bits per heavy atom. The molecule has 1 unspecified atom stereocenters. The summed E-state index contributed by atoms with van der Waals surface area (Å²) in [4.78, 5) is 0. The van der Waals surface area contributed by atoms with E-state index in [1.807, 2.05) is 6.20 Å². The molecule has 0 amide bonds. The molecular weight excluding hydrogens is 222 g/mol. The average molecular weight is 243 g/mol. The van der Waals surface area contributed by atoms with Crippen molar-refractivity contribution >= 4 is 16.6 Å². The molecule has 1 atom stereocenters. The fourth-order valence-electron chi connectivity index (χ4n) is 3.05. The predicted octanol–water partition coefficient (Wildman–Crippen LogP) is 3.94. The van der Waals surface area contributed by atoms with E-state index < -0.39 is 0 Å². The first-order chi connectivity index (χ1) is 8.83. The van der Waals surface area contributed by atoms with Crippen molar-refractivity contribution in [3.8, 4) is 0 Å². The van der Waals surface area contributed by atoms with Crippen molar-refractivity contribution in [2.45, 2.75) is 45.1 Å². The number of anilines is 1. The van der Waals surface area contributed by atoms with Gasteiger partial charge in [-0.15, -0.1) is 0 Å². The summed E-state index contributed by atoms with van der Waals surface area (Å²) in [5, 5.41) is 11.9. The third-order valence-corrected chi connectivity index (χ3v) is 4.19. The van der Waals surface area contributed by atoms with Gasteiger partial charge >= 0.3 is 0 Å². The Morgan fingerprint density at radius 3 is 2.94 bits per heavy atom. The molecule has 2 N–H and O–H groups in total. The van der Waals surface area contributed by atoms with Crippen LogP contribution in [0.5, 0.6) is 0 Å². The summed E-state index contributed by atoms with van der Waals surface area (Å²) in [7, 11) is 0. The Kier molecular flexibility index (Phi) is 3.22. The van der Waals surface area contributed by atoms with Crippen molar-refractivity contribution in [2.24, 2.45) is 5.92 Å². The van der Waals surface area contributed by atoms with E-state index >= 15 is 0 Å². The third kappa shape index (κ3) is 2.35. The molecule has 0 saturated heterocycles. The molecule has 3 heteroatoms. The second-order valence-corrected chi connectivity index (χ2v) is 5.50. The highest BCUT2D eigenvalue weighted by Crippen LogP contribution is 2.28. The lowest BCUT2D eigenvalue weighted by Crippen LogP contribution is -2.27. The van der Waals surface area contributed by atoms with Gasteiger partial charge in [-0.3, -0.25) is 5.10 Å². The first kappa shape index (κ1) is 11.6. The fraction of sp³-hybridized carbons (Fsp3) is 0.533. The quantitative estimate of drug-likeness (QED) is 0.857. The molecule has 0 bridgehead atoms. The number of aromatic amines is 1. The van der Waals surface area contributed by atoms with Crippen LogP contribution in [0, 0.1) is 5.92 Å². The van der Waals surface area contributed by atoms with Crippen LogP contribution in [-0.2, 0) is 0 Å². The Bertz CT molecular complexity index is 511. The first-order valence-electron chi connectivity index (χ1n) is 7.02. The molecule has 1 aromatic carbocycles. The number of benzene rings is 1. The molecule has 1 aliphatic rings. The van der Waals surface area contributed by atoms with Crippen LogP contribution in [0.1, 0.15) is 39.0 Å². The Balaban J connectivity index is 1.70. The van der Waals surface area contributed by atoms with Crippen LogP contribution in [0.3, 0.4) is 0 Å². The second-order valence-electron chi connectivity index (χ2n) is 5.50. The van der Waals surface area contributed by atoms with Crippen molar-refractivity contribution in [1.82, 2.24) is 10.2 Å². The van der Waals surface area contributed by atoms with Gasteiger partial charge in [0.1, 0.15) is 0 Å². The molecule has 0 spiro atoms. The molecule has 96 valence electrons. The van der Waals surface area contributed by atoms with Gasteiger partial charge in [-0.2, -0.15) is 5.10 Å². The van der Waals surface area contributed by atoms with Crippen molar-refractivity contribution in [2.75, 3.05) is 5.32 Å². The Morgan fingerprint density at radius 2 is 2.11 bits per heavy atom. The topological polar surface area (TPSA) is 40.7 Å². The predicted molar refractivity (Wildman–Crippen MR) is 75.8 cm³/mol. The van der Waals surface area contributed by atoms with Crippen LogP contribution in [0.25, 0.3) is 10.9 Å². The normalized spacial score (nSPS) is 18.9. The summed E-state index contributed by atoms with van der Waals surface area (Å²) in [6, 6.07) is 6.98. The molecule has 3 rings (SSSR count). The molecule has 1 heterocycles. The highest BCUT2D eigenvalue weighted by atomic mass is 15.1. The van der Waals surface area contributed by atoms with E-state index in [4.69, 9.17) is 0 Å². The summed E-state index contributed by atoms with van der Waals surface area (Å²) in [5.41, 5.74) is 2.31. The van der Waals surface area contributed by atoms with Crippen LogP contribution in [-0.4, -0.2) is 16.2 Å². The third-order valence-electron chi connectivity index (χ3n) is 4.19. The van der Waals surface area contributed by atoms with Gasteiger partial charge in [0, 0.05) is 17.1 Å². The van der Waals surface area contributed by atoms with E-state index in [9.17, 15) is 0 Å². The number of nitrogens with zero attached hydrogens (tertiary/aromatic N) is 1. The minimum absolute atomic E-state index is 0.564. The molecule has 0 radical (unpaired) electrons. The first-order valence-corrected chi connectivity index (χ1v) is 7.02. The molecule has 3 nitrogen and oxygen atoms in total. The summed E-state index contributed by atoms with van der Waals surface area (Å²) in [6.07, 6.45) is 8.86. The lowest BCUT2D eigenvalue weighted by Gasteiger charge is -2.29. The number of H-pyrrole nitrogens is 1. The lowest BCUT2D eigenvalue weighted by atomic mass is 9.84. The minimum Gasteiger partial charge on any atom is -0.382 e. The largest absolute Gasteiger partial charge is 0.382 e. The number of rotatable bonds is 3. The zero-order valence-electron chi connectivity index (χ0n) is 10.9. The zero-order valence-corrected chi connectivity index (χ0v) is 10.9. The van der Waals surface area contributed by atoms with Crippen LogP contribution >= 0.6 is 0 Å². The number of nitrogens with one attached hydrogen (secondary N) is 2. The van der Waals surface area contributed by atoms with Crippen LogP contribution in [0.2, 0.25) is 0 Å². The monoisotopic (exact) mass is 243 g/mol. The summed E-state index contributed by atoms with van der Waals surface area (Å²) < 4.78 is 0. The fourth-order valence-corrected chi connectivity index (χ4v) is 3.05. The van der Waals surface area contributed by atoms with Crippen LogP contribution in [0.4, 0.5) is 5.69 Å². The van der Waals surface area contributed by atoms with Gasteiger partial charge in [-0.1, -0.05) is 19.3 Å². The molecule has 1 aliphatic carbocycles. The number of hydrogen-bond donors (Lipinski definition) is 2. The molecular formula is C15H21N3. The van der Waals surface area contributed by atoms with E-state index in [2.05, 4.69) is 40.6 Å². The zero-order chi connectivity index (χ0) is 12.4. The van der Waals surface area contributed by atoms with Crippen molar-refractivity contribution < 1.29 is 0 Å². The van der Waals surface area contributed by atoms with Gasteiger partial charge in [-0.05, 0) is 43.9 Å². The van der Waals surface area contributed by atoms with Crippen LogP contribution in [0.15, 0.2) is 24.4 Å². The van der Waals surface area contributed by atoms with Crippen molar-refractivity contribution in [1.29, 1.82) is 0 Å². The molecule has 1 saturated carbocycles. The summed E-state index contributed by atoms with van der Waals surface area (Å²) in [6.45, 7) is 2.32. The van der Waals surface area contributed by atoms with Gasteiger partial charge in [0.2, 0.25) is 0 Å². The van der Waals surface area contributed by atoms with Gasteiger partial charge in [0.25, 0.3) is 0 Å². The maximum atomic E-state index is 4.06. The maximum absolute atomic E-state index is 4.06. The van der Waals surface area contributed by atoms with Gasteiger partial charge in [0.15, 0.2) is 0 Å². The number of aromatic nitrogens is 2. The Labute approximate surface area is 108 Å². The molecule has 18 heavy (non-hydrogen) atoms. The lowest BCUT2D eigenvalue weighted by molar-refractivity contribution is 0.328. The van der Waals surface area contributed by atoms with Gasteiger partial charge in [-0.25, -0.2) is 0 Å². The summed E-state index contributed by atoms with van der Waals surface area (Å²) in [5.74, 6) is 0.832.